The maximum atomic E-state index is 11.7. The number of cyclic esters (lactones) is 1. The van der Waals surface area contributed by atoms with Crippen LogP contribution in [0.25, 0.3) is 0 Å². The zero-order chi connectivity index (χ0) is 14.8. The molecule has 0 bridgehead atoms. The van der Waals surface area contributed by atoms with Gasteiger partial charge in [0.1, 0.15) is 12.4 Å². The molecule has 0 radical (unpaired) electrons. The molecule has 5 heteroatoms. The standard InChI is InChI=1S/C16H23N3O2/c1-12(2)18-8-4-5-13(11-18)14-6-3-7-15(17-14)19-9-10-21-16(19)20/h3,6-7,12-13H,4-5,8-11H2,1-2H3. The van der Waals surface area contributed by atoms with Crippen LogP contribution in [-0.2, 0) is 4.74 Å². The first-order valence-electron chi connectivity index (χ1n) is 7.80. The van der Waals surface area contributed by atoms with Crippen molar-refractivity contribution in [2.45, 2.75) is 38.6 Å². The summed E-state index contributed by atoms with van der Waals surface area (Å²) in [4.78, 5) is 20.5. The second-order valence-electron chi connectivity index (χ2n) is 6.11. The molecule has 0 aromatic carbocycles. The Balaban J connectivity index is 1.77. The summed E-state index contributed by atoms with van der Waals surface area (Å²) >= 11 is 0. The van der Waals surface area contributed by atoms with E-state index in [0.29, 0.717) is 25.1 Å². The van der Waals surface area contributed by atoms with Gasteiger partial charge < -0.3 is 9.64 Å². The van der Waals surface area contributed by atoms with E-state index in [1.54, 1.807) is 4.90 Å². The molecule has 2 aliphatic heterocycles. The molecule has 0 saturated carbocycles. The maximum absolute atomic E-state index is 11.7. The van der Waals surface area contributed by atoms with Crippen molar-refractivity contribution in [1.29, 1.82) is 0 Å². The smallest absolute Gasteiger partial charge is 0.415 e. The van der Waals surface area contributed by atoms with Crippen LogP contribution in [0.15, 0.2) is 18.2 Å². The molecule has 1 aromatic rings. The number of nitrogens with zero attached hydrogens (tertiary/aromatic N) is 3. The summed E-state index contributed by atoms with van der Waals surface area (Å²) in [6.45, 7) is 7.76. The van der Waals surface area contributed by atoms with Crippen molar-refractivity contribution in [3.63, 3.8) is 0 Å². The number of hydrogen-bond acceptors (Lipinski definition) is 4. The number of likely N-dealkylation sites (tertiary alicyclic amines) is 1. The van der Waals surface area contributed by atoms with Gasteiger partial charge in [-0.05, 0) is 45.4 Å². The van der Waals surface area contributed by atoms with Gasteiger partial charge in [0.05, 0.1) is 6.54 Å². The molecule has 5 nitrogen and oxygen atoms in total. The maximum Gasteiger partial charge on any atom is 0.415 e. The third kappa shape index (κ3) is 3.02. The molecule has 1 aromatic heterocycles. The molecule has 1 amide bonds. The predicted molar refractivity (Wildman–Crippen MR) is 81.6 cm³/mol. The van der Waals surface area contributed by atoms with E-state index in [4.69, 9.17) is 9.72 Å². The SMILES string of the molecule is CC(C)N1CCCC(c2cccc(N3CCOC3=O)n2)C1. The number of ether oxygens (including phenoxy) is 1. The number of rotatable bonds is 3. The lowest BCUT2D eigenvalue weighted by Gasteiger charge is -2.35. The van der Waals surface area contributed by atoms with Gasteiger partial charge in [0.25, 0.3) is 0 Å². The van der Waals surface area contributed by atoms with Gasteiger partial charge in [-0.3, -0.25) is 4.90 Å². The van der Waals surface area contributed by atoms with Crippen LogP contribution in [0.5, 0.6) is 0 Å². The Kier molecular flexibility index (Phi) is 4.10. The van der Waals surface area contributed by atoms with E-state index in [2.05, 4.69) is 24.8 Å². The van der Waals surface area contributed by atoms with E-state index in [-0.39, 0.29) is 6.09 Å². The number of piperidine rings is 1. The number of hydrogen-bond donors (Lipinski definition) is 0. The number of carbonyl (C=O) groups is 1. The van der Waals surface area contributed by atoms with Crippen molar-refractivity contribution in [1.82, 2.24) is 9.88 Å². The molecular weight excluding hydrogens is 266 g/mol. The highest BCUT2D eigenvalue weighted by molar-refractivity contribution is 5.88. The third-order valence-corrected chi connectivity index (χ3v) is 4.39. The van der Waals surface area contributed by atoms with Crippen molar-refractivity contribution in [2.24, 2.45) is 0 Å². The Hall–Kier alpha value is -1.62. The quantitative estimate of drug-likeness (QED) is 0.858. The molecule has 3 rings (SSSR count). The van der Waals surface area contributed by atoms with Crippen LogP contribution in [0.4, 0.5) is 10.6 Å². The van der Waals surface area contributed by atoms with Crippen molar-refractivity contribution in [3.05, 3.63) is 23.9 Å². The van der Waals surface area contributed by atoms with Crippen molar-refractivity contribution < 1.29 is 9.53 Å². The van der Waals surface area contributed by atoms with E-state index < -0.39 is 0 Å². The van der Waals surface area contributed by atoms with Crippen LogP contribution in [-0.4, -0.2) is 48.3 Å². The van der Waals surface area contributed by atoms with Gasteiger partial charge in [-0.2, -0.15) is 0 Å². The molecule has 0 aliphatic carbocycles. The first-order chi connectivity index (χ1) is 10.1. The van der Waals surface area contributed by atoms with Crippen molar-refractivity contribution in [2.75, 3.05) is 31.1 Å². The van der Waals surface area contributed by atoms with Gasteiger partial charge >= 0.3 is 6.09 Å². The topological polar surface area (TPSA) is 45.7 Å². The Bertz CT molecular complexity index is 518. The molecular formula is C16H23N3O2. The van der Waals surface area contributed by atoms with Gasteiger partial charge in [-0.1, -0.05) is 6.07 Å². The number of pyridine rings is 1. The highest BCUT2D eigenvalue weighted by atomic mass is 16.6. The second kappa shape index (κ2) is 6.02. The third-order valence-electron chi connectivity index (χ3n) is 4.39. The fraction of sp³-hybridized carbons (Fsp3) is 0.625. The lowest BCUT2D eigenvalue weighted by atomic mass is 9.93. The Morgan fingerprint density at radius 3 is 2.90 bits per heavy atom. The second-order valence-corrected chi connectivity index (χ2v) is 6.11. The average molecular weight is 289 g/mol. The summed E-state index contributed by atoms with van der Waals surface area (Å²) in [5.41, 5.74) is 1.09. The van der Waals surface area contributed by atoms with Gasteiger partial charge in [0, 0.05) is 24.2 Å². The monoisotopic (exact) mass is 289 g/mol. The van der Waals surface area contributed by atoms with Crippen LogP contribution in [0.3, 0.4) is 0 Å². The van der Waals surface area contributed by atoms with Gasteiger partial charge in [-0.25, -0.2) is 9.78 Å². The van der Waals surface area contributed by atoms with Crippen LogP contribution >= 0.6 is 0 Å². The van der Waals surface area contributed by atoms with Crippen LogP contribution in [0.1, 0.15) is 38.3 Å². The normalized spacial score (nSPS) is 23.7. The Morgan fingerprint density at radius 2 is 2.19 bits per heavy atom. The lowest BCUT2D eigenvalue weighted by molar-refractivity contribution is 0.166. The van der Waals surface area contributed by atoms with E-state index in [9.17, 15) is 4.79 Å². The number of aromatic nitrogens is 1. The molecule has 2 saturated heterocycles. The number of amides is 1. The van der Waals surface area contributed by atoms with E-state index in [1.165, 1.54) is 19.4 Å². The summed E-state index contributed by atoms with van der Waals surface area (Å²) in [5, 5.41) is 0. The van der Waals surface area contributed by atoms with E-state index >= 15 is 0 Å². The van der Waals surface area contributed by atoms with Gasteiger partial charge in [0.15, 0.2) is 0 Å². The highest BCUT2D eigenvalue weighted by Crippen LogP contribution is 2.28. The zero-order valence-corrected chi connectivity index (χ0v) is 12.8. The molecule has 21 heavy (non-hydrogen) atoms. The van der Waals surface area contributed by atoms with E-state index in [0.717, 1.165) is 18.1 Å². The van der Waals surface area contributed by atoms with Crippen LogP contribution in [0.2, 0.25) is 0 Å². The predicted octanol–water partition coefficient (Wildman–Crippen LogP) is 2.63. The molecule has 3 heterocycles. The Morgan fingerprint density at radius 1 is 1.33 bits per heavy atom. The summed E-state index contributed by atoms with van der Waals surface area (Å²) in [6, 6.07) is 6.54. The average Bonchev–Trinajstić information content (AvgIpc) is 2.94. The molecule has 114 valence electrons. The fourth-order valence-electron chi connectivity index (χ4n) is 3.14. The minimum absolute atomic E-state index is 0.285. The van der Waals surface area contributed by atoms with E-state index in [1.807, 2.05) is 12.1 Å². The minimum Gasteiger partial charge on any atom is -0.447 e. The minimum atomic E-state index is -0.285. The van der Waals surface area contributed by atoms with Crippen molar-refractivity contribution in [3.8, 4) is 0 Å². The van der Waals surface area contributed by atoms with Crippen LogP contribution < -0.4 is 4.90 Å². The Labute approximate surface area is 125 Å². The fourth-order valence-corrected chi connectivity index (χ4v) is 3.14. The first kappa shape index (κ1) is 14.3. The summed E-state index contributed by atoms with van der Waals surface area (Å²) < 4.78 is 4.99. The number of anilines is 1. The molecule has 1 atom stereocenters. The van der Waals surface area contributed by atoms with Crippen LogP contribution in [0, 0.1) is 0 Å². The van der Waals surface area contributed by atoms with Gasteiger partial charge in [-0.15, -0.1) is 0 Å². The first-order valence-corrected chi connectivity index (χ1v) is 7.80. The molecule has 0 spiro atoms. The lowest BCUT2D eigenvalue weighted by Crippen LogP contribution is -2.39. The zero-order valence-electron chi connectivity index (χ0n) is 12.8. The molecule has 2 aliphatic rings. The molecule has 0 N–H and O–H groups in total. The number of carbonyl (C=O) groups excluding carboxylic acids is 1. The largest absolute Gasteiger partial charge is 0.447 e. The summed E-state index contributed by atoms with van der Waals surface area (Å²) in [6.07, 6.45) is 2.09. The summed E-state index contributed by atoms with van der Waals surface area (Å²) in [5.74, 6) is 1.18. The van der Waals surface area contributed by atoms with Crippen molar-refractivity contribution >= 4 is 11.9 Å². The summed E-state index contributed by atoms with van der Waals surface area (Å²) in [7, 11) is 0. The molecule has 2 fully saturated rings. The van der Waals surface area contributed by atoms with Gasteiger partial charge in [0.2, 0.25) is 0 Å². The molecule has 1 unspecified atom stereocenters. The highest BCUT2D eigenvalue weighted by Gasteiger charge is 2.27.